The van der Waals surface area contributed by atoms with Gasteiger partial charge in [0.05, 0.1) is 11.6 Å². The molecule has 0 saturated carbocycles. The average Bonchev–Trinajstić information content (AvgIpc) is 2.90. The van der Waals surface area contributed by atoms with Gasteiger partial charge in [0.2, 0.25) is 0 Å². The predicted octanol–water partition coefficient (Wildman–Crippen LogP) is 3.26. The minimum atomic E-state index is -0.131. The molecule has 100 valence electrons. The SMILES string of the molecule is CC1(C)C[C@@H](N2CCCC2)c2cc(C#N)ccc2O1. The zero-order chi connectivity index (χ0) is 13.5. The molecular weight excluding hydrogens is 236 g/mol. The third-order valence-electron chi connectivity index (χ3n) is 4.15. The van der Waals surface area contributed by atoms with E-state index in [1.807, 2.05) is 18.2 Å². The summed E-state index contributed by atoms with van der Waals surface area (Å²) in [5.74, 6) is 0.951. The Morgan fingerprint density at radius 3 is 2.74 bits per heavy atom. The van der Waals surface area contributed by atoms with E-state index in [2.05, 4.69) is 24.8 Å². The largest absolute Gasteiger partial charge is 0.487 e. The molecule has 2 heterocycles. The van der Waals surface area contributed by atoms with Crippen molar-refractivity contribution in [2.75, 3.05) is 13.1 Å². The molecule has 0 N–H and O–H groups in total. The summed E-state index contributed by atoms with van der Waals surface area (Å²) >= 11 is 0. The maximum absolute atomic E-state index is 9.09. The zero-order valence-corrected chi connectivity index (χ0v) is 11.6. The lowest BCUT2D eigenvalue weighted by atomic mass is 9.88. The molecule has 3 nitrogen and oxygen atoms in total. The van der Waals surface area contributed by atoms with Crippen molar-refractivity contribution in [2.24, 2.45) is 0 Å². The third kappa shape index (κ3) is 2.33. The standard InChI is InChI=1S/C16H20N2O/c1-16(2)10-14(18-7-3-4-8-18)13-9-12(11-17)5-6-15(13)19-16/h5-6,9,14H,3-4,7-8,10H2,1-2H3/t14-/m1/s1. The Balaban J connectivity index is 2.02. The first-order valence-electron chi connectivity index (χ1n) is 7.06. The molecule has 1 atom stereocenters. The first kappa shape index (κ1) is 12.5. The molecule has 0 bridgehead atoms. The van der Waals surface area contributed by atoms with Gasteiger partial charge in [-0.1, -0.05) is 0 Å². The average molecular weight is 256 g/mol. The molecule has 0 aromatic heterocycles. The Labute approximate surface area is 114 Å². The number of hydrogen-bond acceptors (Lipinski definition) is 3. The van der Waals surface area contributed by atoms with Crippen LogP contribution < -0.4 is 4.74 Å². The Kier molecular flexibility index (Phi) is 2.99. The molecule has 0 unspecified atom stereocenters. The number of fused-ring (bicyclic) bond motifs is 1. The highest BCUT2D eigenvalue weighted by Crippen LogP contribution is 2.43. The van der Waals surface area contributed by atoms with E-state index in [1.54, 1.807) is 0 Å². The molecular formula is C16H20N2O. The van der Waals surface area contributed by atoms with Crippen molar-refractivity contribution < 1.29 is 4.74 Å². The summed E-state index contributed by atoms with van der Waals surface area (Å²) in [6, 6.07) is 8.44. The van der Waals surface area contributed by atoms with Gasteiger partial charge >= 0.3 is 0 Å². The summed E-state index contributed by atoms with van der Waals surface area (Å²) in [5, 5.41) is 9.09. The predicted molar refractivity (Wildman–Crippen MR) is 74.0 cm³/mol. The van der Waals surface area contributed by atoms with Crippen LogP contribution in [0, 0.1) is 11.3 Å². The normalized spacial score (nSPS) is 25.4. The smallest absolute Gasteiger partial charge is 0.124 e. The summed E-state index contributed by atoms with van der Waals surface area (Å²) in [7, 11) is 0. The van der Waals surface area contributed by atoms with Gasteiger partial charge in [-0.3, -0.25) is 4.90 Å². The van der Waals surface area contributed by atoms with Crippen molar-refractivity contribution >= 4 is 0 Å². The van der Waals surface area contributed by atoms with E-state index in [0.29, 0.717) is 6.04 Å². The second-order valence-electron chi connectivity index (χ2n) is 6.19. The molecule has 2 aliphatic rings. The van der Waals surface area contributed by atoms with Gasteiger partial charge in [-0.2, -0.15) is 5.26 Å². The fraction of sp³-hybridized carbons (Fsp3) is 0.562. The molecule has 0 amide bonds. The van der Waals surface area contributed by atoms with E-state index in [-0.39, 0.29) is 5.60 Å². The molecule has 1 aromatic rings. The van der Waals surface area contributed by atoms with Crippen LogP contribution in [-0.2, 0) is 0 Å². The molecule has 0 spiro atoms. The van der Waals surface area contributed by atoms with Crippen molar-refractivity contribution in [3.8, 4) is 11.8 Å². The van der Waals surface area contributed by atoms with Crippen LogP contribution >= 0.6 is 0 Å². The lowest BCUT2D eigenvalue weighted by Gasteiger charge is -2.41. The minimum absolute atomic E-state index is 0.131. The summed E-state index contributed by atoms with van der Waals surface area (Å²) < 4.78 is 6.07. The summed E-state index contributed by atoms with van der Waals surface area (Å²) in [4.78, 5) is 2.55. The maximum Gasteiger partial charge on any atom is 0.124 e. The third-order valence-corrected chi connectivity index (χ3v) is 4.15. The Morgan fingerprint density at radius 2 is 2.05 bits per heavy atom. The minimum Gasteiger partial charge on any atom is -0.487 e. The molecule has 1 aromatic carbocycles. The molecule has 1 fully saturated rings. The number of rotatable bonds is 1. The number of nitriles is 1. The van der Waals surface area contributed by atoms with Crippen LogP contribution in [0.15, 0.2) is 18.2 Å². The summed E-state index contributed by atoms with van der Waals surface area (Å²) in [5.41, 5.74) is 1.79. The van der Waals surface area contributed by atoms with E-state index >= 15 is 0 Å². The van der Waals surface area contributed by atoms with E-state index in [0.717, 1.165) is 30.8 Å². The first-order chi connectivity index (χ1) is 9.09. The van der Waals surface area contributed by atoms with Crippen molar-refractivity contribution in [3.05, 3.63) is 29.3 Å². The van der Waals surface area contributed by atoms with Gasteiger partial charge in [-0.15, -0.1) is 0 Å². The summed E-state index contributed by atoms with van der Waals surface area (Å²) in [6.45, 7) is 6.63. The molecule has 1 saturated heterocycles. The number of ether oxygens (including phenoxy) is 1. The Morgan fingerprint density at radius 1 is 1.32 bits per heavy atom. The van der Waals surface area contributed by atoms with Crippen molar-refractivity contribution in [3.63, 3.8) is 0 Å². The van der Waals surface area contributed by atoms with Crippen LogP contribution in [0.1, 0.15) is 50.3 Å². The Bertz CT molecular complexity index is 524. The molecule has 2 aliphatic heterocycles. The second kappa shape index (κ2) is 4.54. The van der Waals surface area contributed by atoms with Crippen molar-refractivity contribution in [1.29, 1.82) is 5.26 Å². The van der Waals surface area contributed by atoms with Crippen LogP contribution in [0.4, 0.5) is 0 Å². The molecule has 0 aliphatic carbocycles. The van der Waals surface area contributed by atoms with E-state index in [4.69, 9.17) is 10.00 Å². The maximum atomic E-state index is 9.09. The highest BCUT2D eigenvalue weighted by Gasteiger charge is 2.37. The molecule has 0 radical (unpaired) electrons. The van der Waals surface area contributed by atoms with Crippen molar-refractivity contribution in [2.45, 2.75) is 44.8 Å². The highest BCUT2D eigenvalue weighted by atomic mass is 16.5. The van der Waals surface area contributed by atoms with E-state index in [1.165, 1.54) is 18.4 Å². The van der Waals surface area contributed by atoms with Crippen molar-refractivity contribution in [1.82, 2.24) is 4.90 Å². The fourth-order valence-electron chi connectivity index (χ4n) is 3.27. The van der Waals surface area contributed by atoms with Gasteiger partial charge < -0.3 is 4.74 Å². The molecule has 3 rings (SSSR count). The lowest BCUT2D eigenvalue weighted by Crippen LogP contribution is -2.40. The number of nitrogens with zero attached hydrogens (tertiary/aromatic N) is 2. The second-order valence-corrected chi connectivity index (χ2v) is 6.19. The molecule has 3 heteroatoms. The van der Waals surface area contributed by atoms with E-state index < -0.39 is 0 Å². The van der Waals surface area contributed by atoms with Gasteiger partial charge in [0, 0.05) is 18.0 Å². The quantitative estimate of drug-likeness (QED) is 0.773. The number of hydrogen-bond donors (Lipinski definition) is 0. The lowest BCUT2D eigenvalue weighted by molar-refractivity contribution is 0.0367. The summed E-state index contributed by atoms with van der Waals surface area (Å²) in [6.07, 6.45) is 3.56. The van der Waals surface area contributed by atoms with Crippen LogP contribution in [0.3, 0.4) is 0 Å². The van der Waals surface area contributed by atoms with Gasteiger partial charge in [-0.25, -0.2) is 0 Å². The van der Waals surface area contributed by atoms with Gasteiger partial charge in [-0.05, 0) is 58.0 Å². The van der Waals surface area contributed by atoms with Crippen LogP contribution in [-0.4, -0.2) is 23.6 Å². The molecule has 19 heavy (non-hydrogen) atoms. The monoisotopic (exact) mass is 256 g/mol. The van der Waals surface area contributed by atoms with Gasteiger partial charge in [0.15, 0.2) is 0 Å². The van der Waals surface area contributed by atoms with Crippen LogP contribution in [0.2, 0.25) is 0 Å². The van der Waals surface area contributed by atoms with E-state index in [9.17, 15) is 0 Å². The Hall–Kier alpha value is -1.53. The fourth-order valence-corrected chi connectivity index (χ4v) is 3.27. The van der Waals surface area contributed by atoms with Crippen LogP contribution in [0.5, 0.6) is 5.75 Å². The van der Waals surface area contributed by atoms with Crippen LogP contribution in [0.25, 0.3) is 0 Å². The van der Waals surface area contributed by atoms with Gasteiger partial charge in [0.1, 0.15) is 11.4 Å². The highest BCUT2D eigenvalue weighted by molar-refractivity contribution is 5.45. The number of likely N-dealkylation sites (tertiary alicyclic amines) is 1. The topological polar surface area (TPSA) is 36.3 Å². The first-order valence-corrected chi connectivity index (χ1v) is 7.06. The zero-order valence-electron chi connectivity index (χ0n) is 11.6. The number of benzene rings is 1. The van der Waals surface area contributed by atoms with Gasteiger partial charge in [0.25, 0.3) is 0 Å².